The van der Waals surface area contributed by atoms with Crippen LogP contribution in [0.1, 0.15) is 53.8 Å². The van der Waals surface area contributed by atoms with Gasteiger partial charge in [0.2, 0.25) is 0 Å². The number of fused-ring (bicyclic) bond motifs is 1. The van der Waals surface area contributed by atoms with E-state index < -0.39 is 17.9 Å². The molecule has 27 heavy (non-hydrogen) atoms. The van der Waals surface area contributed by atoms with Crippen molar-refractivity contribution in [2.24, 2.45) is 0 Å². The van der Waals surface area contributed by atoms with Crippen molar-refractivity contribution in [1.82, 2.24) is 15.1 Å². The molecule has 1 heterocycles. The molecule has 2 aromatic carbocycles. The maximum Gasteiger partial charge on any atom is 0.330 e. The average molecular weight is 363 g/mol. The van der Waals surface area contributed by atoms with Crippen LogP contribution in [0.2, 0.25) is 0 Å². The van der Waals surface area contributed by atoms with Crippen LogP contribution in [-0.4, -0.2) is 26.8 Å². The lowest BCUT2D eigenvalue weighted by atomic mass is 10.0. The zero-order chi connectivity index (χ0) is 18.8. The summed E-state index contributed by atoms with van der Waals surface area (Å²) < 4.78 is 1.83. The molecule has 1 aliphatic carbocycles. The largest absolute Gasteiger partial charge is 0.479 e. The van der Waals surface area contributed by atoms with E-state index in [1.54, 1.807) is 24.4 Å². The Morgan fingerprint density at radius 2 is 1.81 bits per heavy atom. The summed E-state index contributed by atoms with van der Waals surface area (Å²) in [6, 6.07) is 14.0. The third-order valence-electron chi connectivity index (χ3n) is 5.17. The molecule has 1 amide bonds. The van der Waals surface area contributed by atoms with Gasteiger partial charge in [0.25, 0.3) is 5.91 Å². The zero-order valence-electron chi connectivity index (χ0n) is 14.8. The Morgan fingerprint density at radius 1 is 1.07 bits per heavy atom. The lowest BCUT2D eigenvalue weighted by Gasteiger charge is -2.15. The molecule has 1 aliphatic rings. The minimum Gasteiger partial charge on any atom is -0.479 e. The molecule has 0 saturated heterocycles. The fourth-order valence-electron chi connectivity index (χ4n) is 3.71. The van der Waals surface area contributed by atoms with E-state index in [1.807, 2.05) is 35.0 Å². The summed E-state index contributed by atoms with van der Waals surface area (Å²) in [5.41, 5.74) is 0.777. The Balaban J connectivity index is 1.55. The number of benzene rings is 2. The van der Waals surface area contributed by atoms with Crippen molar-refractivity contribution in [1.29, 1.82) is 0 Å². The summed E-state index contributed by atoms with van der Waals surface area (Å²) in [4.78, 5) is 24.4. The van der Waals surface area contributed by atoms with Gasteiger partial charge in [-0.15, -0.1) is 0 Å². The summed E-state index contributed by atoms with van der Waals surface area (Å²) in [7, 11) is 0. The number of carbonyl (C=O) groups is 2. The van der Waals surface area contributed by atoms with Gasteiger partial charge in [-0.05, 0) is 41.3 Å². The lowest BCUT2D eigenvalue weighted by Crippen LogP contribution is -2.34. The molecule has 0 spiro atoms. The SMILES string of the molecule is O=C(NC(C(=O)O)c1ccc2ccccc2c1)c1ccn(C2CCCC2)n1. The number of nitrogens with one attached hydrogen (secondary N) is 1. The first-order valence-electron chi connectivity index (χ1n) is 9.19. The summed E-state index contributed by atoms with van der Waals surface area (Å²) in [6.45, 7) is 0. The topological polar surface area (TPSA) is 84.2 Å². The number of nitrogens with zero attached hydrogens (tertiary/aromatic N) is 2. The number of carboxylic acid groups (broad SMARTS) is 1. The van der Waals surface area contributed by atoms with Crippen molar-refractivity contribution < 1.29 is 14.7 Å². The zero-order valence-corrected chi connectivity index (χ0v) is 14.8. The van der Waals surface area contributed by atoms with E-state index in [-0.39, 0.29) is 5.69 Å². The molecule has 3 aromatic rings. The highest BCUT2D eigenvalue weighted by atomic mass is 16.4. The number of rotatable bonds is 5. The molecule has 6 heteroatoms. The minimum absolute atomic E-state index is 0.244. The Morgan fingerprint density at radius 3 is 2.56 bits per heavy atom. The van der Waals surface area contributed by atoms with Crippen molar-refractivity contribution in [3.8, 4) is 0 Å². The number of hydrogen-bond acceptors (Lipinski definition) is 3. The van der Waals surface area contributed by atoms with E-state index in [0.29, 0.717) is 11.6 Å². The van der Waals surface area contributed by atoms with Gasteiger partial charge in [-0.25, -0.2) is 4.79 Å². The predicted molar refractivity (Wildman–Crippen MR) is 102 cm³/mol. The summed E-state index contributed by atoms with van der Waals surface area (Å²) in [6.07, 6.45) is 6.29. The van der Waals surface area contributed by atoms with Gasteiger partial charge in [0.15, 0.2) is 6.04 Å². The highest BCUT2D eigenvalue weighted by Gasteiger charge is 2.25. The third-order valence-corrected chi connectivity index (χ3v) is 5.17. The molecule has 2 N–H and O–H groups in total. The van der Waals surface area contributed by atoms with E-state index in [1.165, 1.54) is 12.8 Å². The first-order valence-corrected chi connectivity index (χ1v) is 9.19. The quantitative estimate of drug-likeness (QED) is 0.724. The Hall–Kier alpha value is -3.15. The van der Waals surface area contributed by atoms with Crippen molar-refractivity contribution in [3.05, 3.63) is 66.0 Å². The van der Waals surface area contributed by atoms with Gasteiger partial charge in [0.05, 0.1) is 6.04 Å². The summed E-state index contributed by atoms with van der Waals surface area (Å²) in [5, 5.41) is 18.5. The average Bonchev–Trinajstić information content (AvgIpc) is 3.36. The molecule has 0 aliphatic heterocycles. The van der Waals surface area contributed by atoms with Crippen LogP contribution in [0.5, 0.6) is 0 Å². The number of aliphatic carboxylic acids is 1. The Labute approximate surface area is 156 Å². The predicted octanol–water partition coefficient (Wildman–Crippen LogP) is 3.71. The van der Waals surface area contributed by atoms with Gasteiger partial charge in [0.1, 0.15) is 5.69 Å². The smallest absolute Gasteiger partial charge is 0.330 e. The van der Waals surface area contributed by atoms with Crippen molar-refractivity contribution in [2.45, 2.75) is 37.8 Å². The van der Waals surface area contributed by atoms with Crippen LogP contribution in [0.3, 0.4) is 0 Å². The van der Waals surface area contributed by atoms with Gasteiger partial charge in [-0.2, -0.15) is 5.10 Å². The Kier molecular flexibility index (Phi) is 4.62. The molecule has 6 nitrogen and oxygen atoms in total. The monoisotopic (exact) mass is 363 g/mol. The number of carbonyl (C=O) groups excluding carboxylic acids is 1. The maximum atomic E-state index is 12.6. The number of hydrogen-bond donors (Lipinski definition) is 2. The van der Waals surface area contributed by atoms with Gasteiger partial charge in [0, 0.05) is 6.20 Å². The highest BCUT2D eigenvalue weighted by molar-refractivity contribution is 5.95. The molecule has 1 atom stereocenters. The summed E-state index contributed by atoms with van der Waals surface area (Å²) >= 11 is 0. The van der Waals surface area contributed by atoms with E-state index in [4.69, 9.17) is 0 Å². The molecule has 1 unspecified atom stereocenters. The first kappa shape index (κ1) is 17.3. The minimum atomic E-state index is -1.13. The van der Waals surface area contributed by atoms with E-state index >= 15 is 0 Å². The van der Waals surface area contributed by atoms with Crippen LogP contribution in [0.25, 0.3) is 10.8 Å². The van der Waals surface area contributed by atoms with Crippen molar-refractivity contribution >= 4 is 22.6 Å². The van der Waals surface area contributed by atoms with Crippen LogP contribution in [0.15, 0.2) is 54.7 Å². The molecule has 1 fully saturated rings. The lowest BCUT2D eigenvalue weighted by molar-refractivity contribution is -0.139. The van der Waals surface area contributed by atoms with Crippen LogP contribution in [0.4, 0.5) is 0 Å². The molecule has 1 saturated carbocycles. The number of aromatic nitrogens is 2. The Bertz CT molecular complexity index is 989. The second-order valence-electron chi connectivity index (χ2n) is 6.97. The molecular formula is C21H21N3O3. The molecule has 4 rings (SSSR count). The molecule has 138 valence electrons. The fraction of sp³-hybridized carbons (Fsp3) is 0.286. The normalized spacial score (nSPS) is 15.7. The summed E-state index contributed by atoms with van der Waals surface area (Å²) in [5.74, 6) is -1.58. The second-order valence-corrected chi connectivity index (χ2v) is 6.97. The third kappa shape index (κ3) is 3.56. The van der Waals surface area contributed by atoms with E-state index in [9.17, 15) is 14.7 Å². The molecule has 0 radical (unpaired) electrons. The molecular weight excluding hydrogens is 342 g/mol. The van der Waals surface area contributed by atoms with Gasteiger partial charge in [-0.1, -0.05) is 49.2 Å². The molecule has 1 aromatic heterocycles. The van der Waals surface area contributed by atoms with Crippen molar-refractivity contribution in [2.75, 3.05) is 0 Å². The van der Waals surface area contributed by atoms with Crippen molar-refractivity contribution in [3.63, 3.8) is 0 Å². The van der Waals surface area contributed by atoms with E-state index in [0.717, 1.165) is 23.6 Å². The van der Waals surface area contributed by atoms with Gasteiger partial charge >= 0.3 is 5.97 Å². The fourth-order valence-corrected chi connectivity index (χ4v) is 3.71. The first-order chi connectivity index (χ1) is 13.1. The number of carboxylic acids is 1. The van der Waals surface area contributed by atoms with Crippen LogP contribution >= 0.6 is 0 Å². The van der Waals surface area contributed by atoms with Gasteiger partial charge < -0.3 is 10.4 Å². The number of amides is 1. The van der Waals surface area contributed by atoms with Crippen LogP contribution in [-0.2, 0) is 4.79 Å². The van der Waals surface area contributed by atoms with Crippen LogP contribution < -0.4 is 5.32 Å². The second kappa shape index (κ2) is 7.23. The van der Waals surface area contributed by atoms with Gasteiger partial charge in [-0.3, -0.25) is 9.48 Å². The molecule has 0 bridgehead atoms. The maximum absolute atomic E-state index is 12.6. The van der Waals surface area contributed by atoms with E-state index in [2.05, 4.69) is 10.4 Å². The standard InChI is InChI=1S/C21H21N3O3/c25-20(18-11-12-24(23-18)17-7-3-4-8-17)22-19(21(26)27)16-10-9-14-5-1-2-6-15(14)13-16/h1-2,5-6,9-13,17,19H,3-4,7-8H2,(H,22,25)(H,26,27). The van der Waals surface area contributed by atoms with Crippen LogP contribution in [0, 0.1) is 0 Å². The highest BCUT2D eigenvalue weighted by Crippen LogP contribution is 2.28.